The molecule has 0 saturated heterocycles. The lowest BCUT2D eigenvalue weighted by Crippen LogP contribution is -2.23. The second kappa shape index (κ2) is 4.71. The molecule has 0 radical (unpaired) electrons. The Hall–Kier alpha value is -1.67. The zero-order valence-electron chi connectivity index (χ0n) is 11.4. The molecule has 102 valence electrons. The predicted molar refractivity (Wildman–Crippen MR) is 78.1 cm³/mol. The van der Waals surface area contributed by atoms with Gasteiger partial charge in [0.1, 0.15) is 5.82 Å². The largest absolute Gasteiger partial charge is 0.303 e. The van der Waals surface area contributed by atoms with E-state index in [0.29, 0.717) is 12.1 Å². The summed E-state index contributed by atoms with van der Waals surface area (Å²) in [6, 6.07) is 14.8. The Kier molecular flexibility index (Phi) is 2.85. The molecule has 2 aromatic rings. The minimum Gasteiger partial charge on any atom is -0.303 e. The van der Waals surface area contributed by atoms with Crippen LogP contribution >= 0.6 is 0 Å². The van der Waals surface area contributed by atoms with Crippen molar-refractivity contribution in [3.63, 3.8) is 0 Å². The standard InChI is InChI=1S/C18H18FN/c19-14-7-8-16-13(11-14)6-10-18(16)20-17-9-5-12-3-1-2-4-15(12)17/h1-4,7-8,11,17-18,20H,5-6,9-10H2. The van der Waals surface area contributed by atoms with Crippen molar-refractivity contribution in [1.82, 2.24) is 5.32 Å². The molecule has 1 N–H and O–H groups in total. The van der Waals surface area contributed by atoms with Gasteiger partial charge < -0.3 is 5.32 Å². The third kappa shape index (κ3) is 1.95. The molecule has 0 aliphatic heterocycles. The topological polar surface area (TPSA) is 12.0 Å². The molecular weight excluding hydrogens is 249 g/mol. The number of halogens is 1. The Morgan fingerprint density at radius 2 is 1.55 bits per heavy atom. The average molecular weight is 267 g/mol. The van der Waals surface area contributed by atoms with Crippen LogP contribution in [0.2, 0.25) is 0 Å². The number of hydrogen-bond donors (Lipinski definition) is 1. The van der Waals surface area contributed by atoms with Crippen LogP contribution in [0.25, 0.3) is 0 Å². The number of fused-ring (bicyclic) bond motifs is 2. The first kappa shape index (κ1) is 12.1. The van der Waals surface area contributed by atoms with Gasteiger partial charge in [0.15, 0.2) is 0 Å². The normalized spacial score (nSPS) is 23.6. The fourth-order valence-corrected chi connectivity index (χ4v) is 3.73. The molecule has 0 spiro atoms. The van der Waals surface area contributed by atoms with E-state index in [1.54, 1.807) is 12.1 Å². The summed E-state index contributed by atoms with van der Waals surface area (Å²) in [5.74, 6) is -0.115. The molecule has 2 aliphatic rings. The minimum absolute atomic E-state index is 0.115. The van der Waals surface area contributed by atoms with Gasteiger partial charge in [-0.3, -0.25) is 0 Å². The van der Waals surface area contributed by atoms with Crippen molar-refractivity contribution in [2.45, 2.75) is 37.8 Å². The van der Waals surface area contributed by atoms with E-state index in [4.69, 9.17) is 0 Å². The van der Waals surface area contributed by atoms with E-state index in [0.717, 1.165) is 19.3 Å². The van der Waals surface area contributed by atoms with Gasteiger partial charge in [0, 0.05) is 12.1 Å². The highest BCUT2D eigenvalue weighted by molar-refractivity contribution is 5.37. The molecule has 0 heterocycles. The Labute approximate surface area is 118 Å². The first-order chi connectivity index (χ1) is 9.81. The third-order valence-corrected chi connectivity index (χ3v) is 4.72. The molecule has 2 aliphatic carbocycles. The van der Waals surface area contributed by atoms with Crippen LogP contribution in [0.4, 0.5) is 4.39 Å². The van der Waals surface area contributed by atoms with Gasteiger partial charge in [-0.25, -0.2) is 4.39 Å². The van der Waals surface area contributed by atoms with Crippen LogP contribution in [-0.2, 0) is 12.8 Å². The van der Waals surface area contributed by atoms with Crippen molar-refractivity contribution in [2.75, 3.05) is 0 Å². The maximum absolute atomic E-state index is 13.3. The van der Waals surface area contributed by atoms with E-state index >= 15 is 0 Å². The maximum atomic E-state index is 13.3. The molecule has 2 heteroatoms. The van der Waals surface area contributed by atoms with Crippen molar-refractivity contribution in [3.05, 3.63) is 70.5 Å². The quantitative estimate of drug-likeness (QED) is 0.864. The second-order valence-corrected chi connectivity index (χ2v) is 5.89. The number of rotatable bonds is 2. The molecule has 0 fully saturated rings. The second-order valence-electron chi connectivity index (χ2n) is 5.89. The van der Waals surface area contributed by atoms with E-state index in [9.17, 15) is 4.39 Å². The predicted octanol–water partition coefficient (Wildman–Crippen LogP) is 4.09. The number of hydrogen-bond acceptors (Lipinski definition) is 1. The van der Waals surface area contributed by atoms with Crippen LogP contribution in [0, 0.1) is 5.82 Å². The molecule has 0 amide bonds. The van der Waals surface area contributed by atoms with Gasteiger partial charge in [-0.05, 0) is 60.1 Å². The van der Waals surface area contributed by atoms with Gasteiger partial charge in [0.05, 0.1) is 0 Å². The molecule has 4 rings (SSSR count). The zero-order valence-corrected chi connectivity index (χ0v) is 11.4. The van der Waals surface area contributed by atoms with E-state index in [-0.39, 0.29) is 5.82 Å². The lowest BCUT2D eigenvalue weighted by atomic mass is 10.0. The van der Waals surface area contributed by atoms with Crippen LogP contribution in [0.5, 0.6) is 0 Å². The molecule has 0 aromatic heterocycles. The third-order valence-electron chi connectivity index (χ3n) is 4.72. The van der Waals surface area contributed by atoms with Crippen molar-refractivity contribution >= 4 is 0 Å². The Bertz CT molecular complexity index is 650. The van der Waals surface area contributed by atoms with Crippen LogP contribution in [0.15, 0.2) is 42.5 Å². The summed E-state index contributed by atoms with van der Waals surface area (Å²) in [5.41, 5.74) is 5.38. The summed E-state index contributed by atoms with van der Waals surface area (Å²) in [6.07, 6.45) is 4.40. The molecule has 2 aromatic carbocycles. The summed E-state index contributed by atoms with van der Waals surface area (Å²) >= 11 is 0. The van der Waals surface area contributed by atoms with Crippen LogP contribution in [0.1, 0.15) is 47.2 Å². The molecular formula is C18H18FN. The summed E-state index contributed by atoms with van der Waals surface area (Å²) in [5, 5.41) is 3.79. The zero-order chi connectivity index (χ0) is 13.5. The smallest absolute Gasteiger partial charge is 0.123 e. The number of benzene rings is 2. The van der Waals surface area contributed by atoms with Crippen molar-refractivity contribution in [2.24, 2.45) is 0 Å². The average Bonchev–Trinajstić information content (AvgIpc) is 3.04. The van der Waals surface area contributed by atoms with Gasteiger partial charge >= 0.3 is 0 Å². The Morgan fingerprint density at radius 3 is 2.40 bits per heavy atom. The highest BCUT2D eigenvalue weighted by atomic mass is 19.1. The minimum atomic E-state index is -0.115. The summed E-state index contributed by atoms with van der Waals surface area (Å²) < 4.78 is 13.3. The van der Waals surface area contributed by atoms with Crippen molar-refractivity contribution < 1.29 is 4.39 Å². The number of aryl methyl sites for hydroxylation is 2. The fourth-order valence-electron chi connectivity index (χ4n) is 3.73. The highest BCUT2D eigenvalue weighted by Gasteiger charge is 2.28. The van der Waals surface area contributed by atoms with Crippen LogP contribution < -0.4 is 5.32 Å². The van der Waals surface area contributed by atoms with Crippen molar-refractivity contribution in [3.8, 4) is 0 Å². The molecule has 20 heavy (non-hydrogen) atoms. The summed E-state index contributed by atoms with van der Waals surface area (Å²) in [6.45, 7) is 0. The number of nitrogens with one attached hydrogen (secondary N) is 1. The van der Waals surface area contributed by atoms with Gasteiger partial charge in [-0.15, -0.1) is 0 Å². The summed E-state index contributed by atoms with van der Waals surface area (Å²) in [4.78, 5) is 0. The van der Waals surface area contributed by atoms with Crippen LogP contribution in [0.3, 0.4) is 0 Å². The molecule has 2 atom stereocenters. The highest BCUT2D eigenvalue weighted by Crippen LogP contribution is 2.37. The van der Waals surface area contributed by atoms with Crippen LogP contribution in [-0.4, -0.2) is 0 Å². The Balaban J connectivity index is 1.58. The van der Waals surface area contributed by atoms with E-state index in [1.807, 2.05) is 6.07 Å². The molecule has 0 saturated carbocycles. The van der Waals surface area contributed by atoms with E-state index in [1.165, 1.54) is 28.7 Å². The lowest BCUT2D eigenvalue weighted by Gasteiger charge is -2.21. The van der Waals surface area contributed by atoms with Gasteiger partial charge in [-0.1, -0.05) is 30.3 Å². The maximum Gasteiger partial charge on any atom is 0.123 e. The van der Waals surface area contributed by atoms with Gasteiger partial charge in [0.25, 0.3) is 0 Å². The molecule has 2 unspecified atom stereocenters. The fraction of sp³-hybridized carbons (Fsp3) is 0.333. The monoisotopic (exact) mass is 267 g/mol. The van der Waals surface area contributed by atoms with E-state index in [2.05, 4.69) is 29.6 Å². The SMILES string of the molecule is Fc1ccc2c(c1)CCC2NC1CCc2ccccc21. The lowest BCUT2D eigenvalue weighted by molar-refractivity contribution is 0.440. The molecule has 0 bridgehead atoms. The van der Waals surface area contributed by atoms with Gasteiger partial charge in [-0.2, -0.15) is 0 Å². The van der Waals surface area contributed by atoms with Gasteiger partial charge in [0.2, 0.25) is 0 Å². The summed E-state index contributed by atoms with van der Waals surface area (Å²) in [7, 11) is 0. The Morgan fingerprint density at radius 1 is 0.850 bits per heavy atom. The van der Waals surface area contributed by atoms with E-state index < -0.39 is 0 Å². The van der Waals surface area contributed by atoms with Crippen molar-refractivity contribution in [1.29, 1.82) is 0 Å². The molecule has 1 nitrogen and oxygen atoms in total. The first-order valence-electron chi connectivity index (χ1n) is 7.43. The first-order valence-corrected chi connectivity index (χ1v) is 7.43.